The van der Waals surface area contributed by atoms with Gasteiger partial charge in [-0.2, -0.15) is 0 Å². The first-order valence-corrected chi connectivity index (χ1v) is 16.6. The minimum Gasteiger partial charge on any atom is -0.369 e. The minimum atomic E-state index is -1.34. The molecule has 1 rings (SSSR count). The van der Waals surface area contributed by atoms with Crippen molar-refractivity contribution in [3.63, 3.8) is 0 Å². The Morgan fingerprint density at radius 3 is 1.96 bits per heavy atom. The molecule has 2 nitrogen and oxygen atoms in total. The zero-order chi connectivity index (χ0) is 17.7. The number of benzene rings is 1. The molecule has 23 heavy (non-hydrogen) atoms. The van der Waals surface area contributed by atoms with Crippen LogP contribution in [0.25, 0.3) is 0 Å². The molecule has 1 aromatic rings. The summed E-state index contributed by atoms with van der Waals surface area (Å²) in [7, 11) is 0.710. The number of rotatable bonds is 5. The topological polar surface area (TPSA) is 15.6 Å². The van der Waals surface area contributed by atoms with Crippen LogP contribution in [0.4, 0.5) is 0 Å². The molecule has 0 saturated heterocycles. The summed E-state index contributed by atoms with van der Waals surface area (Å²) in [6, 6.07) is 10.3. The second kappa shape index (κ2) is 8.28. The Hall–Kier alpha value is -0.886. The summed E-state index contributed by atoms with van der Waals surface area (Å²) in [5.74, 6) is 3.38. The van der Waals surface area contributed by atoms with Gasteiger partial charge in [0.15, 0.2) is 0 Å². The van der Waals surface area contributed by atoms with Gasteiger partial charge in [-0.05, 0) is 17.8 Å². The normalized spacial score (nSPS) is 13.8. The fourth-order valence-corrected chi connectivity index (χ4v) is 20.9. The van der Waals surface area contributed by atoms with Gasteiger partial charge in [0.2, 0.25) is 0 Å². The molecule has 1 aromatic carbocycles. The molecule has 0 aromatic heterocycles. The standard InChI is InChI=1S/C18H31N2PSi2/c1-20(2)16-19-21(15-14-17-12-10-9-11-13-17)18(22(3,4)5)23(6,7)8/h9-13,16,18H,1-8H3/b19-16+. The average molecular weight is 363 g/mol. The van der Waals surface area contributed by atoms with Crippen LogP contribution in [0.5, 0.6) is 0 Å². The molecular formula is C18H31N2PSi2. The summed E-state index contributed by atoms with van der Waals surface area (Å²) in [4.78, 5) is 2.71. The fourth-order valence-electron chi connectivity index (χ4n) is 3.00. The Labute approximate surface area is 146 Å². The lowest BCUT2D eigenvalue weighted by molar-refractivity contribution is 0.644. The summed E-state index contributed by atoms with van der Waals surface area (Å²) in [6.07, 6.45) is 1.96. The molecule has 5 heteroatoms. The molecule has 0 amide bonds. The lowest BCUT2D eigenvalue weighted by Gasteiger charge is -2.39. The van der Waals surface area contributed by atoms with Crippen LogP contribution in [0.2, 0.25) is 39.3 Å². The van der Waals surface area contributed by atoms with Crippen molar-refractivity contribution in [1.29, 1.82) is 0 Å². The van der Waals surface area contributed by atoms with E-state index >= 15 is 0 Å². The SMILES string of the molecule is CN(C)/C=N/P(C#Cc1ccccc1)C([Si](C)(C)C)[Si](C)(C)C. The van der Waals surface area contributed by atoms with E-state index in [1.54, 1.807) is 0 Å². The van der Waals surface area contributed by atoms with Gasteiger partial charge < -0.3 is 4.90 Å². The smallest absolute Gasteiger partial charge is 0.0927 e. The molecular weight excluding hydrogens is 331 g/mol. The molecule has 0 spiro atoms. The zero-order valence-electron chi connectivity index (χ0n) is 15.9. The molecule has 0 saturated carbocycles. The quantitative estimate of drug-likeness (QED) is 0.234. The molecule has 1 atom stereocenters. The highest BCUT2D eigenvalue weighted by atomic mass is 31.1. The molecule has 1 unspecified atom stereocenters. The van der Waals surface area contributed by atoms with Gasteiger partial charge >= 0.3 is 0 Å². The Morgan fingerprint density at radius 1 is 1.00 bits per heavy atom. The molecule has 0 bridgehead atoms. The van der Waals surface area contributed by atoms with Crippen molar-refractivity contribution in [3.05, 3.63) is 35.9 Å². The van der Waals surface area contributed by atoms with E-state index in [-0.39, 0.29) is 0 Å². The summed E-state index contributed by atoms with van der Waals surface area (Å²) < 4.78 is 4.93. The lowest BCUT2D eigenvalue weighted by atomic mass is 10.2. The Bertz CT molecular complexity index is 561. The molecule has 0 aliphatic heterocycles. The Balaban J connectivity index is 3.26. The van der Waals surface area contributed by atoms with E-state index < -0.39 is 24.2 Å². The van der Waals surface area contributed by atoms with E-state index in [4.69, 9.17) is 4.76 Å². The van der Waals surface area contributed by atoms with Crippen molar-refractivity contribution >= 4 is 30.6 Å². The highest BCUT2D eigenvalue weighted by molar-refractivity contribution is 7.68. The molecule has 0 N–H and O–H groups in total. The predicted octanol–water partition coefficient (Wildman–Crippen LogP) is 5.11. The Morgan fingerprint density at radius 2 is 1.52 bits per heavy atom. The maximum atomic E-state index is 4.93. The third-order valence-corrected chi connectivity index (χ3v) is 19.2. The van der Waals surface area contributed by atoms with Gasteiger partial charge in [-0.3, -0.25) is 0 Å². The van der Waals surface area contributed by atoms with E-state index in [0.717, 1.165) is 5.56 Å². The van der Waals surface area contributed by atoms with E-state index in [1.807, 2.05) is 43.5 Å². The summed E-state index contributed by atoms with van der Waals surface area (Å²) >= 11 is 0. The van der Waals surface area contributed by atoms with Crippen LogP contribution in [0.1, 0.15) is 5.56 Å². The predicted molar refractivity (Wildman–Crippen MR) is 113 cm³/mol. The highest BCUT2D eigenvalue weighted by Crippen LogP contribution is 2.50. The van der Waals surface area contributed by atoms with Crippen LogP contribution in [0, 0.1) is 11.6 Å². The molecule has 0 aliphatic rings. The van der Waals surface area contributed by atoms with Crippen LogP contribution in [-0.2, 0) is 0 Å². The van der Waals surface area contributed by atoms with Gasteiger partial charge in [0.1, 0.15) is 0 Å². The minimum absolute atomic E-state index is 0.666. The first-order chi connectivity index (χ1) is 10.5. The van der Waals surface area contributed by atoms with Crippen molar-refractivity contribution in [1.82, 2.24) is 4.90 Å². The first-order valence-electron chi connectivity index (χ1n) is 8.08. The average Bonchev–Trinajstić information content (AvgIpc) is 2.39. The summed E-state index contributed by atoms with van der Waals surface area (Å²) in [6.45, 7) is 14.8. The zero-order valence-corrected chi connectivity index (χ0v) is 18.8. The molecule has 0 heterocycles. The number of nitrogens with zero attached hydrogens (tertiary/aromatic N) is 2. The van der Waals surface area contributed by atoms with E-state index in [9.17, 15) is 0 Å². The molecule has 0 fully saturated rings. The Kier molecular flexibility index (Phi) is 7.26. The van der Waals surface area contributed by atoms with Crippen LogP contribution in [-0.4, -0.2) is 46.4 Å². The van der Waals surface area contributed by atoms with Crippen molar-refractivity contribution in [2.45, 2.75) is 44.2 Å². The second-order valence-corrected chi connectivity index (χ2v) is 22.1. The van der Waals surface area contributed by atoms with Gasteiger partial charge in [0.25, 0.3) is 0 Å². The first kappa shape index (κ1) is 20.2. The van der Waals surface area contributed by atoms with E-state index in [0.29, 0.717) is 4.91 Å². The molecule has 126 valence electrons. The third kappa shape index (κ3) is 7.03. The maximum Gasteiger partial charge on any atom is 0.0927 e. The van der Waals surface area contributed by atoms with Gasteiger partial charge in [-0.25, -0.2) is 4.76 Å². The van der Waals surface area contributed by atoms with Crippen LogP contribution in [0.3, 0.4) is 0 Å². The van der Waals surface area contributed by atoms with Crippen LogP contribution >= 0.6 is 8.07 Å². The van der Waals surface area contributed by atoms with Crippen LogP contribution in [0.15, 0.2) is 35.1 Å². The second-order valence-electron chi connectivity index (χ2n) is 8.28. The molecule has 0 aliphatic carbocycles. The highest BCUT2D eigenvalue weighted by Gasteiger charge is 2.42. The van der Waals surface area contributed by atoms with Gasteiger partial charge in [0, 0.05) is 24.6 Å². The molecule has 0 radical (unpaired) electrons. The van der Waals surface area contributed by atoms with Crippen molar-refractivity contribution in [2.75, 3.05) is 14.1 Å². The van der Waals surface area contributed by atoms with Gasteiger partial charge in [-0.15, -0.1) is 0 Å². The number of hydrogen-bond donors (Lipinski definition) is 0. The van der Waals surface area contributed by atoms with Crippen LogP contribution < -0.4 is 0 Å². The summed E-state index contributed by atoms with van der Waals surface area (Å²) in [5, 5.41) is 0. The van der Waals surface area contributed by atoms with Gasteiger partial charge in [0.05, 0.1) is 30.6 Å². The van der Waals surface area contributed by atoms with E-state index in [1.165, 1.54) is 0 Å². The van der Waals surface area contributed by atoms with Crippen molar-refractivity contribution < 1.29 is 0 Å². The lowest BCUT2D eigenvalue weighted by Crippen LogP contribution is -2.52. The summed E-state index contributed by atoms with van der Waals surface area (Å²) in [5.41, 5.74) is 4.65. The van der Waals surface area contributed by atoms with E-state index in [2.05, 4.69) is 63.0 Å². The maximum absolute atomic E-state index is 4.93. The largest absolute Gasteiger partial charge is 0.369 e. The fraction of sp³-hybridized carbons (Fsp3) is 0.500. The third-order valence-electron chi connectivity index (χ3n) is 3.38. The van der Waals surface area contributed by atoms with Crippen molar-refractivity contribution in [3.8, 4) is 11.6 Å². The van der Waals surface area contributed by atoms with Gasteiger partial charge in [-0.1, -0.05) is 63.4 Å². The monoisotopic (exact) mass is 362 g/mol. The number of hydrogen-bond acceptors (Lipinski definition) is 1. The van der Waals surface area contributed by atoms with Crippen molar-refractivity contribution in [2.24, 2.45) is 4.76 Å².